The van der Waals surface area contributed by atoms with Gasteiger partial charge in [-0.2, -0.15) is 4.98 Å². The molecule has 1 saturated heterocycles. The third-order valence-electron chi connectivity index (χ3n) is 4.64. The van der Waals surface area contributed by atoms with Gasteiger partial charge in [0.2, 0.25) is 5.89 Å². The van der Waals surface area contributed by atoms with E-state index in [2.05, 4.69) is 15.5 Å². The summed E-state index contributed by atoms with van der Waals surface area (Å²) >= 11 is 0. The van der Waals surface area contributed by atoms with Crippen LogP contribution in [0.25, 0.3) is 0 Å². The van der Waals surface area contributed by atoms with Crippen LogP contribution in [-0.4, -0.2) is 41.3 Å². The van der Waals surface area contributed by atoms with Crippen LogP contribution in [0.2, 0.25) is 0 Å². The molecule has 1 aliphatic heterocycles. The summed E-state index contributed by atoms with van der Waals surface area (Å²) in [6.45, 7) is 5.12. The summed E-state index contributed by atoms with van der Waals surface area (Å²) in [5, 5.41) is 7.05. The third-order valence-corrected chi connectivity index (χ3v) is 4.64. The summed E-state index contributed by atoms with van der Waals surface area (Å²) in [6, 6.07) is 7.55. The zero-order valence-corrected chi connectivity index (χ0v) is 14.9. The fourth-order valence-electron chi connectivity index (χ4n) is 3.20. The Bertz CT molecular complexity index is 723. The molecule has 2 heterocycles. The van der Waals surface area contributed by atoms with E-state index in [1.165, 1.54) is 0 Å². The van der Waals surface area contributed by atoms with Gasteiger partial charge in [0.25, 0.3) is 0 Å². The molecule has 1 N–H and O–H groups in total. The Hall–Kier alpha value is -2.57. The predicted molar refractivity (Wildman–Crippen MR) is 92.5 cm³/mol. The quantitative estimate of drug-likeness (QED) is 0.922. The molecule has 7 nitrogen and oxygen atoms in total. The van der Waals surface area contributed by atoms with E-state index in [9.17, 15) is 4.79 Å². The van der Waals surface area contributed by atoms with E-state index in [1.807, 2.05) is 36.1 Å². The molecule has 7 heteroatoms. The summed E-state index contributed by atoms with van der Waals surface area (Å²) < 4.78 is 10.4. The molecule has 0 saturated carbocycles. The first-order valence-corrected chi connectivity index (χ1v) is 8.57. The molecule has 2 amide bonds. The van der Waals surface area contributed by atoms with Gasteiger partial charge in [0.05, 0.1) is 13.2 Å². The summed E-state index contributed by atoms with van der Waals surface area (Å²) in [4.78, 5) is 18.7. The molecule has 0 unspecified atom stereocenters. The Morgan fingerprint density at radius 3 is 2.72 bits per heavy atom. The van der Waals surface area contributed by atoms with Crippen molar-refractivity contribution in [2.24, 2.45) is 0 Å². The number of methoxy groups -OCH3 is 1. The molecule has 1 fully saturated rings. The van der Waals surface area contributed by atoms with Crippen LogP contribution in [0.3, 0.4) is 0 Å². The van der Waals surface area contributed by atoms with Crippen LogP contribution in [0, 0.1) is 6.92 Å². The second-order valence-corrected chi connectivity index (χ2v) is 6.35. The number of likely N-dealkylation sites (tertiary alicyclic amines) is 1. The van der Waals surface area contributed by atoms with Crippen molar-refractivity contribution < 1.29 is 14.1 Å². The second kappa shape index (κ2) is 7.55. The number of aromatic nitrogens is 2. The average Bonchev–Trinajstić information content (AvgIpc) is 3.08. The molecular formula is C18H24N4O3. The van der Waals surface area contributed by atoms with Crippen molar-refractivity contribution in [1.82, 2.24) is 20.4 Å². The maximum absolute atomic E-state index is 12.6. The summed E-state index contributed by atoms with van der Waals surface area (Å²) in [5.41, 5.74) is 0.968. The van der Waals surface area contributed by atoms with Crippen molar-refractivity contribution in [2.75, 3.05) is 20.2 Å². The number of piperidine rings is 1. The van der Waals surface area contributed by atoms with Crippen molar-refractivity contribution in [2.45, 2.75) is 38.6 Å². The lowest BCUT2D eigenvalue weighted by Crippen LogP contribution is -2.45. The van der Waals surface area contributed by atoms with Crippen LogP contribution < -0.4 is 10.1 Å². The molecule has 134 valence electrons. The number of rotatable bonds is 4. The lowest BCUT2D eigenvalue weighted by molar-refractivity contribution is 0.177. The highest BCUT2D eigenvalue weighted by Gasteiger charge is 2.27. The largest absolute Gasteiger partial charge is 0.496 e. The molecule has 1 aromatic carbocycles. The SMILES string of the molecule is COc1ccccc1[C@H](C)NC(=O)N1CCC(c2noc(C)n2)CC1. The van der Waals surface area contributed by atoms with E-state index in [0.717, 1.165) is 30.0 Å². The van der Waals surface area contributed by atoms with Gasteiger partial charge in [-0.15, -0.1) is 0 Å². The van der Waals surface area contributed by atoms with Crippen molar-refractivity contribution >= 4 is 6.03 Å². The smallest absolute Gasteiger partial charge is 0.317 e. The summed E-state index contributed by atoms with van der Waals surface area (Å²) in [7, 11) is 1.64. The molecule has 3 rings (SSSR count). The van der Waals surface area contributed by atoms with Crippen LogP contribution in [0.4, 0.5) is 4.79 Å². The highest BCUT2D eigenvalue weighted by atomic mass is 16.5. The van der Waals surface area contributed by atoms with Crippen LogP contribution in [-0.2, 0) is 0 Å². The van der Waals surface area contributed by atoms with Crippen molar-refractivity contribution in [1.29, 1.82) is 0 Å². The van der Waals surface area contributed by atoms with Crippen molar-refractivity contribution in [3.63, 3.8) is 0 Å². The highest BCUT2D eigenvalue weighted by Crippen LogP contribution is 2.27. The molecule has 0 spiro atoms. The maximum Gasteiger partial charge on any atom is 0.317 e. The highest BCUT2D eigenvalue weighted by molar-refractivity contribution is 5.75. The number of nitrogens with one attached hydrogen (secondary N) is 1. The number of carbonyl (C=O) groups excluding carboxylic acids is 1. The van der Waals surface area contributed by atoms with E-state index < -0.39 is 0 Å². The maximum atomic E-state index is 12.6. The standard InChI is InChI=1S/C18H24N4O3/c1-12(15-6-4-5-7-16(15)24-3)19-18(23)22-10-8-14(9-11-22)17-20-13(2)25-21-17/h4-7,12,14H,8-11H2,1-3H3,(H,19,23)/t12-/m0/s1. The number of urea groups is 1. The summed E-state index contributed by atoms with van der Waals surface area (Å²) in [5.74, 6) is 2.37. The van der Waals surface area contributed by atoms with Gasteiger partial charge in [-0.3, -0.25) is 0 Å². The number of carbonyl (C=O) groups is 1. The average molecular weight is 344 g/mol. The minimum Gasteiger partial charge on any atom is -0.496 e. The Morgan fingerprint density at radius 2 is 2.08 bits per heavy atom. The Labute approximate surface area is 147 Å². The summed E-state index contributed by atoms with van der Waals surface area (Å²) in [6.07, 6.45) is 1.69. The minimum atomic E-state index is -0.124. The first-order chi connectivity index (χ1) is 12.1. The first-order valence-electron chi connectivity index (χ1n) is 8.57. The van der Waals surface area contributed by atoms with Gasteiger partial charge in [0, 0.05) is 31.5 Å². The molecule has 0 aliphatic carbocycles. The van der Waals surface area contributed by atoms with E-state index >= 15 is 0 Å². The number of nitrogens with zero attached hydrogens (tertiary/aromatic N) is 3. The number of ether oxygens (including phenoxy) is 1. The molecule has 2 aromatic rings. The monoisotopic (exact) mass is 344 g/mol. The first kappa shape index (κ1) is 17.3. The van der Waals surface area contributed by atoms with Gasteiger partial charge in [-0.05, 0) is 25.8 Å². The second-order valence-electron chi connectivity index (χ2n) is 6.35. The van der Waals surface area contributed by atoms with Gasteiger partial charge < -0.3 is 19.5 Å². The number of hydrogen-bond donors (Lipinski definition) is 1. The van der Waals surface area contributed by atoms with Crippen LogP contribution >= 0.6 is 0 Å². The Kier molecular flexibility index (Phi) is 5.21. The Morgan fingerprint density at radius 1 is 1.36 bits per heavy atom. The molecule has 0 bridgehead atoms. The third kappa shape index (κ3) is 3.92. The Balaban J connectivity index is 1.56. The van der Waals surface area contributed by atoms with Gasteiger partial charge >= 0.3 is 6.03 Å². The van der Waals surface area contributed by atoms with Crippen molar-refractivity contribution in [3.8, 4) is 5.75 Å². The number of benzene rings is 1. The van der Waals surface area contributed by atoms with Crippen LogP contribution in [0.15, 0.2) is 28.8 Å². The fourth-order valence-corrected chi connectivity index (χ4v) is 3.20. The molecular weight excluding hydrogens is 320 g/mol. The topological polar surface area (TPSA) is 80.5 Å². The fraction of sp³-hybridized carbons (Fsp3) is 0.500. The zero-order chi connectivity index (χ0) is 17.8. The molecule has 1 aliphatic rings. The molecule has 0 radical (unpaired) electrons. The van der Waals surface area contributed by atoms with E-state index in [-0.39, 0.29) is 18.0 Å². The normalized spacial score (nSPS) is 16.5. The van der Waals surface area contributed by atoms with E-state index in [0.29, 0.717) is 19.0 Å². The van der Waals surface area contributed by atoms with Crippen LogP contribution in [0.5, 0.6) is 5.75 Å². The minimum absolute atomic E-state index is 0.0545. The lowest BCUT2D eigenvalue weighted by Gasteiger charge is -2.31. The van der Waals surface area contributed by atoms with Crippen molar-refractivity contribution in [3.05, 3.63) is 41.5 Å². The number of amides is 2. The number of para-hydroxylation sites is 1. The molecule has 1 aromatic heterocycles. The predicted octanol–water partition coefficient (Wildman–Crippen LogP) is 3.04. The number of aryl methyl sites for hydroxylation is 1. The van der Waals surface area contributed by atoms with Gasteiger partial charge in [0.15, 0.2) is 5.82 Å². The van der Waals surface area contributed by atoms with E-state index in [1.54, 1.807) is 14.0 Å². The zero-order valence-electron chi connectivity index (χ0n) is 14.9. The lowest BCUT2D eigenvalue weighted by atomic mass is 9.96. The molecule has 1 atom stereocenters. The molecule has 25 heavy (non-hydrogen) atoms. The van der Waals surface area contributed by atoms with Gasteiger partial charge in [-0.1, -0.05) is 23.4 Å². The van der Waals surface area contributed by atoms with Gasteiger partial charge in [-0.25, -0.2) is 4.79 Å². The van der Waals surface area contributed by atoms with Crippen LogP contribution in [0.1, 0.15) is 49.0 Å². The number of hydrogen-bond acceptors (Lipinski definition) is 5. The van der Waals surface area contributed by atoms with E-state index in [4.69, 9.17) is 9.26 Å². The van der Waals surface area contributed by atoms with Gasteiger partial charge in [0.1, 0.15) is 5.75 Å².